The molecule has 0 aromatic heterocycles. The number of carbonyl (C=O) groups excluding carboxylic acids is 1. The number of amides is 1. The molecule has 20 heavy (non-hydrogen) atoms. The largest absolute Gasteiger partial charge is 0.435 e. The lowest BCUT2D eigenvalue weighted by Crippen LogP contribution is -2.55. The maximum absolute atomic E-state index is 13.2. The molecule has 2 N–H and O–H groups in total. The Morgan fingerprint density at radius 1 is 1.35 bits per heavy atom. The number of hydrogen-bond donors (Lipinski definition) is 2. The Morgan fingerprint density at radius 2 is 2.10 bits per heavy atom. The van der Waals surface area contributed by atoms with E-state index in [0.29, 0.717) is 23.0 Å². The van der Waals surface area contributed by atoms with Crippen molar-refractivity contribution in [3.05, 3.63) is 34.1 Å². The zero-order chi connectivity index (χ0) is 14.2. The summed E-state index contributed by atoms with van der Waals surface area (Å²) in [5.74, 6) is -0.332. The molecule has 5 nitrogen and oxygen atoms in total. The predicted octanol–water partition coefficient (Wildman–Crippen LogP) is 2.15. The van der Waals surface area contributed by atoms with Crippen molar-refractivity contribution in [1.29, 1.82) is 0 Å². The maximum Gasteiger partial charge on any atom is 0.428 e. The van der Waals surface area contributed by atoms with E-state index in [-0.39, 0.29) is 5.82 Å². The minimum atomic E-state index is -0.742. The van der Waals surface area contributed by atoms with E-state index in [1.165, 1.54) is 12.1 Å². The first-order valence-electron chi connectivity index (χ1n) is 6.34. The molecule has 7 heteroatoms. The minimum Gasteiger partial charge on any atom is -0.435 e. The number of halogens is 2. The fourth-order valence-electron chi connectivity index (χ4n) is 2.61. The van der Waals surface area contributed by atoms with Crippen molar-refractivity contribution < 1.29 is 13.9 Å². The van der Waals surface area contributed by atoms with Gasteiger partial charge in [0.15, 0.2) is 5.60 Å². The van der Waals surface area contributed by atoms with Gasteiger partial charge in [0.25, 0.3) is 0 Å². The van der Waals surface area contributed by atoms with Gasteiger partial charge in [-0.2, -0.15) is 5.10 Å². The van der Waals surface area contributed by atoms with E-state index in [2.05, 4.69) is 31.8 Å². The quantitative estimate of drug-likeness (QED) is 0.822. The van der Waals surface area contributed by atoms with Crippen molar-refractivity contribution >= 4 is 27.7 Å². The Kier molecular flexibility index (Phi) is 3.47. The summed E-state index contributed by atoms with van der Waals surface area (Å²) in [5, 5.41) is 7.39. The van der Waals surface area contributed by atoms with Crippen LogP contribution in [0.5, 0.6) is 0 Å². The molecule has 1 amide bonds. The van der Waals surface area contributed by atoms with Gasteiger partial charge in [-0.3, -0.25) is 0 Å². The molecule has 0 radical (unpaired) electrons. The van der Waals surface area contributed by atoms with Crippen LogP contribution < -0.4 is 10.7 Å². The summed E-state index contributed by atoms with van der Waals surface area (Å²) in [6.45, 7) is 1.48. The summed E-state index contributed by atoms with van der Waals surface area (Å²) in [7, 11) is 0. The predicted molar refractivity (Wildman–Crippen MR) is 75.1 cm³/mol. The highest BCUT2D eigenvalue weighted by Crippen LogP contribution is 2.33. The van der Waals surface area contributed by atoms with Gasteiger partial charge in [0, 0.05) is 22.9 Å². The number of piperidine rings is 1. The highest BCUT2D eigenvalue weighted by atomic mass is 79.9. The van der Waals surface area contributed by atoms with Crippen molar-refractivity contribution in [2.24, 2.45) is 5.10 Å². The number of hydrazone groups is 1. The van der Waals surface area contributed by atoms with Crippen LogP contribution in [0, 0.1) is 5.82 Å². The van der Waals surface area contributed by atoms with Crippen LogP contribution in [0.15, 0.2) is 27.8 Å². The van der Waals surface area contributed by atoms with Crippen molar-refractivity contribution in [2.75, 3.05) is 13.1 Å². The van der Waals surface area contributed by atoms with Crippen molar-refractivity contribution in [3.63, 3.8) is 0 Å². The first kappa shape index (κ1) is 13.5. The number of nitrogens with zero attached hydrogens (tertiary/aromatic N) is 1. The molecule has 0 aliphatic carbocycles. The molecule has 1 fully saturated rings. The first-order valence-corrected chi connectivity index (χ1v) is 7.13. The fourth-order valence-corrected chi connectivity index (χ4v) is 3.15. The van der Waals surface area contributed by atoms with Gasteiger partial charge < -0.3 is 10.1 Å². The second kappa shape index (κ2) is 5.14. The SMILES string of the molecule is O=C1NN=C(c2ccc(F)cc2Br)C2(CCNCC2)O1. The third-order valence-corrected chi connectivity index (χ3v) is 4.23. The molecule has 1 aromatic rings. The molecule has 0 saturated carbocycles. The van der Waals surface area contributed by atoms with Gasteiger partial charge >= 0.3 is 6.09 Å². The lowest BCUT2D eigenvalue weighted by atomic mass is 9.83. The number of ether oxygens (including phenoxy) is 1. The van der Waals surface area contributed by atoms with Crippen LogP contribution in [0.4, 0.5) is 9.18 Å². The summed E-state index contributed by atoms with van der Waals surface area (Å²) >= 11 is 3.34. The van der Waals surface area contributed by atoms with Gasteiger partial charge in [0.1, 0.15) is 11.5 Å². The van der Waals surface area contributed by atoms with Crippen molar-refractivity contribution in [3.8, 4) is 0 Å². The number of benzene rings is 1. The van der Waals surface area contributed by atoms with Gasteiger partial charge in [0.2, 0.25) is 0 Å². The van der Waals surface area contributed by atoms with E-state index in [4.69, 9.17) is 4.74 Å². The Balaban J connectivity index is 2.06. The van der Waals surface area contributed by atoms with Gasteiger partial charge in [0.05, 0.1) is 0 Å². The molecule has 2 aliphatic heterocycles. The minimum absolute atomic E-state index is 0.332. The van der Waals surface area contributed by atoms with E-state index < -0.39 is 11.7 Å². The number of hydrogen-bond acceptors (Lipinski definition) is 4. The molecule has 0 unspecified atom stereocenters. The molecule has 1 aromatic carbocycles. The van der Waals surface area contributed by atoms with Crippen LogP contribution in [0.3, 0.4) is 0 Å². The van der Waals surface area contributed by atoms with Gasteiger partial charge in [-0.05, 0) is 31.3 Å². The van der Waals surface area contributed by atoms with Gasteiger partial charge in [-0.1, -0.05) is 15.9 Å². The number of carbonyl (C=O) groups is 1. The highest BCUT2D eigenvalue weighted by molar-refractivity contribution is 9.10. The average molecular weight is 342 g/mol. The average Bonchev–Trinajstić information content (AvgIpc) is 2.41. The van der Waals surface area contributed by atoms with Gasteiger partial charge in [-0.25, -0.2) is 14.6 Å². The second-order valence-corrected chi connectivity index (χ2v) is 5.68. The molecule has 1 spiro atoms. The van der Waals surface area contributed by atoms with Crippen molar-refractivity contribution in [1.82, 2.24) is 10.7 Å². The standard InChI is InChI=1S/C13H13BrFN3O2/c14-10-7-8(15)1-2-9(10)11-13(3-5-16-6-4-13)20-12(19)18-17-11/h1-2,7,16H,3-6H2,(H,18,19). The molecule has 3 rings (SSSR count). The molecule has 2 aliphatic rings. The third-order valence-electron chi connectivity index (χ3n) is 3.58. The molecule has 1 saturated heterocycles. The molecule has 0 bridgehead atoms. The lowest BCUT2D eigenvalue weighted by Gasteiger charge is -2.40. The van der Waals surface area contributed by atoms with Crippen LogP contribution in [-0.2, 0) is 4.74 Å². The number of nitrogens with one attached hydrogen (secondary N) is 2. The third kappa shape index (κ3) is 2.31. The zero-order valence-corrected chi connectivity index (χ0v) is 12.2. The van der Waals surface area contributed by atoms with Crippen LogP contribution in [-0.4, -0.2) is 30.5 Å². The smallest absolute Gasteiger partial charge is 0.428 e. The van der Waals surface area contributed by atoms with Gasteiger partial charge in [-0.15, -0.1) is 0 Å². The summed E-state index contributed by atoms with van der Waals surface area (Å²) in [6, 6.07) is 4.39. The Bertz CT molecular complexity index is 585. The van der Waals surface area contributed by atoms with E-state index in [1.54, 1.807) is 6.07 Å². The maximum atomic E-state index is 13.2. The van der Waals surface area contributed by atoms with Crippen LogP contribution >= 0.6 is 15.9 Å². The second-order valence-electron chi connectivity index (χ2n) is 4.83. The van der Waals surface area contributed by atoms with E-state index in [9.17, 15) is 9.18 Å². The monoisotopic (exact) mass is 341 g/mol. The number of rotatable bonds is 1. The Morgan fingerprint density at radius 3 is 2.80 bits per heavy atom. The summed E-state index contributed by atoms with van der Waals surface area (Å²) < 4.78 is 19.4. The Hall–Kier alpha value is -1.47. The molecule has 0 atom stereocenters. The van der Waals surface area contributed by atoms with E-state index >= 15 is 0 Å². The van der Waals surface area contributed by atoms with Crippen molar-refractivity contribution in [2.45, 2.75) is 18.4 Å². The molecule has 2 heterocycles. The van der Waals surface area contributed by atoms with E-state index in [1.807, 2.05) is 0 Å². The summed E-state index contributed by atoms with van der Waals surface area (Å²) in [6.07, 6.45) is 0.737. The lowest BCUT2D eigenvalue weighted by molar-refractivity contribution is 0.0326. The summed E-state index contributed by atoms with van der Waals surface area (Å²) in [4.78, 5) is 11.5. The molecular formula is C13H13BrFN3O2. The van der Waals surface area contributed by atoms with E-state index in [0.717, 1.165) is 18.7 Å². The highest BCUT2D eigenvalue weighted by Gasteiger charge is 2.45. The molecular weight excluding hydrogens is 329 g/mol. The van der Waals surface area contributed by atoms with Crippen LogP contribution in [0.25, 0.3) is 0 Å². The fraction of sp³-hybridized carbons (Fsp3) is 0.385. The summed E-state index contributed by atoms with van der Waals surface area (Å²) in [5.41, 5.74) is 2.95. The molecule has 106 valence electrons. The first-order chi connectivity index (χ1) is 9.61. The normalized spacial score (nSPS) is 21.1. The zero-order valence-electron chi connectivity index (χ0n) is 10.6. The van der Waals surface area contributed by atoms with Crippen LogP contribution in [0.2, 0.25) is 0 Å². The topological polar surface area (TPSA) is 62.7 Å². The van der Waals surface area contributed by atoms with Crippen LogP contribution in [0.1, 0.15) is 18.4 Å². The Labute approximate surface area is 123 Å².